The number of aliphatic hydroxyl groups is 2. The van der Waals surface area contributed by atoms with Gasteiger partial charge in [0.25, 0.3) is 0 Å². The Morgan fingerprint density at radius 1 is 0.391 bits per heavy atom. The fourth-order valence-electron chi connectivity index (χ4n) is 9.69. The van der Waals surface area contributed by atoms with Gasteiger partial charge in [-0.25, -0.2) is 0 Å². The van der Waals surface area contributed by atoms with Crippen LogP contribution in [0.15, 0.2) is 24.3 Å². The molecule has 0 spiro atoms. The molecule has 0 aliphatic rings. The van der Waals surface area contributed by atoms with Crippen LogP contribution in [0.1, 0.15) is 341 Å². The lowest BCUT2D eigenvalue weighted by atomic mass is 10.0. The first-order valence-corrected chi connectivity index (χ1v) is 31.1. The van der Waals surface area contributed by atoms with Crippen molar-refractivity contribution in [2.75, 3.05) is 13.2 Å². The van der Waals surface area contributed by atoms with Crippen molar-refractivity contribution in [1.82, 2.24) is 5.32 Å². The predicted octanol–water partition coefficient (Wildman–Crippen LogP) is 19.4. The predicted molar refractivity (Wildman–Crippen MR) is 301 cm³/mol. The van der Waals surface area contributed by atoms with Crippen molar-refractivity contribution < 1.29 is 24.5 Å². The number of esters is 1. The summed E-state index contributed by atoms with van der Waals surface area (Å²) in [7, 11) is 0. The second-order valence-electron chi connectivity index (χ2n) is 21.4. The summed E-state index contributed by atoms with van der Waals surface area (Å²) in [5.74, 6) is -0.0295. The van der Waals surface area contributed by atoms with E-state index in [9.17, 15) is 19.8 Å². The Morgan fingerprint density at radius 3 is 1.06 bits per heavy atom. The van der Waals surface area contributed by atoms with Gasteiger partial charge < -0.3 is 20.3 Å². The van der Waals surface area contributed by atoms with Gasteiger partial charge in [0, 0.05) is 12.8 Å². The van der Waals surface area contributed by atoms with Crippen molar-refractivity contribution in [2.45, 2.75) is 353 Å². The van der Waals surface area contributed by atoms with E-state index in [1.807, 2.05) is 0 Å². The maximum Gasteiger partial charge on any atom is 0.305 e. The zero-order chi connectivity index (χ0) is 50.0. The molecule has 6 heteroatoms. The molecule has 0 aromatic heterocycles. The number of hydrogen-bond acceptors (Lipinski definition) is 5. The molecule has 0 aliphatic heterocycles. The van der Waals surface area contributed by atoms with Crippen molar-refractivity contribution in [3.05, 3.63) is 24.3 Å². The van der Waals surface area contributed by atoms with Crippen molar-refractivity contribution >= 4 is 11.9 Å². The number of ether oxygens (including phenoxy) is 1. The number of unbranched alkanes of at least 4 members (excludes halogenated alkanes) is 43. The van der Waals surface area contributed by atoms with Crippen LogP contribution in [-0.2, 0) is 14.3 Å². The molecular weight excluding hydrogens is 851 g/mol. The van der Waals surface area contributed by atoms with Crippen LogP contribution < -0.4 is 5.32 Å². The van der Waals surface area contributed by atoms with Crippen molar-refractivity contribution in [1.29, 1.82) is 0 Å². The second kappa shape index (κ2) is 58.9. The minimum absolute atomic E-state index is 0.00514. The van der Waals surface area contributed by atoms with Crippen LogP contribution in [-0.4, -0.2) is 47.4 Å². The number of carbonyl (C=O) groups is 2. The van der Waals surface area contributed by atoms with Gasteiger partial charge in [0.1, 0.15) is 0 Å². The average Bonchev–Trinajstić information content (AvgIpc) is 3.35. The number of nitrogens with one attached hydrogen (secondary N) is 1. The van der Waals surface area contributed by atoms with E-state index in [1.165, 1.54) is 263 Å². The highest BCUT2D eigenvalue weighted by Crippen LogP contribution is 2.17. The van der Waals surface area contributed by atoms with Gasteiger partial charge in [-0.15, -0.1) is 0 Å². The highest BCUT2D eigenvalue weighted by Gasteiger charge is 2.20. The molecule has 0 radical (unpaired) electrons. The molecule has 0 rings (SSSR count). The van der Waals surface area contributed by atoms with E-state index in [1.54, 1.807) is 0 Å². The minimum Gasteiger partial charge on any atom is -0.466 e. The fourth-order valence-corrected chi connectivity index (χ4v) is 9.69. The Morgan fingerprint density at radius 2 is 0.681 bits per heavy atom. The van der Waals surface area contributed by atoms with Crippen LogP contribution >= 0.6 is 0 Å². The molecule has 408 valence electrons. The maximum atomic E-state index is 12.5. The third kappa shape index (κ3) is 55.5. The topological polar surface area (TPSA) is 95.9 Å². The van der Waals surface area contributed by atoms with Gasteiger partial charge in [-0.3, -0.25) is 9.59 Å². The number of allylic oxidation sites excluding steroid dienone is 4. The van der Waals surface area contributed by atoms with Gasteiger partial charge in [0.15, 0.2) is 0 Å². The number of amides is 1. The van der Waals surface area contributed by atoms with Crippen molar-refractivity contribution in [3.8, 4) is 0 Å². The van der Waals surface area contributed by atoms with Crippen LogP contribution in [0, 0.1) is 0 Å². The number of aliphatic hydroxyl groups excluding tert-OH is 2. The molecule has 0 saturated heterocycles. The first kappa shape index (κ1) is 67.3. The van der Waals surface area contributed by atoms with E-state index in [-0.39, 0.29) is 18.5 Å². The molecule has 3 N–H and O–H groups in total. The Hall–Kier alpha value is -1.66. The zero-order valence-electron chi connectivity index (χ0n) is 46.6. The highest BCUT2D eigenvalue weighted by molar-refractivity contribution is 5.76. The van der Waals surface area contributed by atoms with Crippen LogP contribution in [0.4, 0.5) is 0 Å². The highest BCUT2D eigenvalue weighted by atomic mass is 16.5. The third-order valence-electron chi connectivity index (χ3n) is 14.5. The first-order valence-electron chi connectivity index (χ1n) is 31.1. The molecule has 0 fully saturated rings. The van der Waals surface area contributed by atoms with Crippen LogP contribution in [0.25, 0.3) is 0 Å². The second-order valence-corrected chi connectivity index (χ2v) is 21.4. The normalized spacial score (nSPS) is 12.7. The lowest BCUT2D eigenvalue weighted by molar-refractivity contribution is -0.143. The standard InChI is InChI=1S/C63H121NO5/c1-3-5-7-9-11-13-15-32-35-39-43-47-51-55-61(66)60(59-65)64-62(67)56-52-48-44-40-36-33-30-28-26-24-22-20-18-17-19-21-23-25-27-29-31-34-38-42-46-50-54-58-69-63(68)57-53-49-45-41-37-16-14-12-10-8-6-4-2/h12,14,17-18,60-61,65-66H,3-11,13,15-16,19-59H2,1-2H3,(H,64,67)/b14-12-,18-17-. The first-order chi connectivity index (χ1) is 34.0. The Bertz CT molecular complexity index is 1080. The number of carbonyl (C=O) groups excluding carboxylic acids is 2. The summed E-state index contributed by atoms with van der Waals surface area (Å²) in [6.07, 6.45) is 71.9. The van der Waals surface area contributed by atoms with Crippen molar-refractivity contribution in [3.63, 3.8) is 0 Å². The van der Waals surface area contributed by atoms with E-state index in [4.69, 9.17) is 4.74 Å². The molecule has 0 aromatic rings. The molecular formula is C63H121NO5. The van der Waals surface area contributed by atoms with E-state index >= 15 is 0 Å². The molecule has 0 saturated carbocycles. The molecule has 0 heterocycles. The summed E-state index contributed by atoms with van der Waals surface area (Å²) in [5.41, 5.74) is 0. The summed E-state index contributed by atoms with van der Waals surface area (Å²) >= 11 is 0. The fraction of sp³-hybridized carbons (Fsp3) is 0.905. The molecule has 2 atom stereocenters. The van der Waals surface area contributed by atoms with Gasteiger partial charge >= 0.3 is 5.97 Å². The lowest BCUT2D eigenvalue weighted by Crippen LogP contribution is -2.45. The summed E-state index contributed by atoms with van der Waals surface area (Å²) in [5, 5.41) is 23.2. The Labute approximate surface area is 431 Å². The van der Waals surface area contributed by atoms with Gasteiger partial charge in [-0.1, -0.05) is 276 Å². The van der Waals surface area contributed by atoms with Crippen molar-refractivity contribution in [2.24, 2.45) is 0 Å². The van der Waals surface area contributed by atoms with E-state index in [0.717, 1.165) is 44.9 Å². The monoisotopic (exact) mass is 972 g/mol. The number of hydrogen-bond donors (Lipinski definition) is 3. The SMILES string of the molecule is CCCCC/C=C\CCCCCCCC(=O)OCCCCCCCCCCCCCC/C=C\CCCCCCCCCCCCCC(=O)NC(CO)C(O)CCCCCCCCCCCCCCC. The van der Waals surface area contributed by atoms with Crippen LogP contribution in [0.3, 0.4) is 0 Å². The smallest absolute Gasteiger partial charge is 0.305 e. The Balaban J connectivity index is 3.37. The summed E-state index contributed by atoms with van der Waals surface area (Å²) in [6, 6.07) is -0.541. The van der Waals surface area contributed by atoms with Crippen LogP contribution in [0.5, 0.6) is 0 Å². The summed E-state index contributed by atoms with van der Waals surface area (Å²) < 4.78 is 5.47. The van der Waals surface area contributed by atoms with Gasteiger partial charge in [-0.05, 0) is 77.0 Å². The third-order valence-corrected chi connectivity index (χ3v) is 14.5. The van der Waals surface area contributed by atoms with E-state index in [2.05, 4.69) is 43.5 Å². The molecule has 69 heavy (non-hydrogen) atoms. The zero-order valence-corrected chi connectivity index (χ0v) is 46.6. The van der Waals surface area contributed by atoms with Gasteiger partial charge in [-0.2, -0.15) is 0 Å². The molecule has 1 amide bonds. The molecule has 6 nitrogen and oxygen atoms in total. The minimum atomic E-state index is -0.663. The molecule has 0 bridgehead atoms. The quantitative estimate of drug-likeness (QED) is 0.0321. The maximum absolute atomic E-state index is 12.5. The van der Waals surface area contributed by atoms with Gasteiger partial charge in [0.2, 0.25) is 5.91 Å². The van der Waals surface area contributed by atoms with E-state index < -0.39 is 12.1 Å². The van der Waals surface area contributed by atoms with E-state index in [0.29, 0.717) is 25.9 Å². The van der Waals surface area contributed by atoms with Gasteiger partial charge in [0.05, 0.1) is 25.4 Å². The molecule has 0 aromatic carbocycles. The molecule has 0 aliphatic carbocycles. The van der Waals surface area contributed by atoms with Crippen LogP contribution in [0.2, 0.25) is 0 Å². The molecule has 2 unspecified atom stereocenters. The largest absolute Gasteiger partial charge is 0.466 e. The summed E-state index contributed by atoms with van der Waals surface area (Å²) in [4.78, 5) is 24.5. The average molecular weight is 973 g/mol. The number of rotatable bonds is 58. The Kier molecular flexibility index (Phi) is 57.5. The summed E-state index contributed by atoms with van der Waals surface area (Å²) in [6.45, 7) is 4.94. The lowest BCUT2D eigenvalue weighted by Gasteiger charge is -2.22.